The number of hydrogen-bond donors (Lipinski definition) is 4. The fourth-order valence-electron chi connectivity index (χ4n) is 7.34. The maximum Gasteiger partial charge on any atom is 0.276 e. The molecule has 1 aliphatic rings. The van der Waals surface area contributed by atoms with Gasteiger partial charge in [0.25, 0.3) is 17.7 Å². The maximum absolute atomic E-state index is 13.8. The van der Waals surface area contributed by atoms with Crippen LogP contribution in [0.1, 0.15) is 58.8 Å². The van der Waals surface area contributed by atoms with Crippen molar-refractivity contribution in [3.63, 3.8) is 0 Å². The van der Waals surface area contributed by atoms with Crippen LogP contribution in [-0.2, 0) is 30.9 Å². The number of nitrogens with zero attached hydrogens (tertiary/aromatic N) is 7. The largest absolute Gasteiger partial charge is 0.483 e. The first-order valence-corrected chi connectivity index (χ1v) is 19.0. The zero-order valence-corrected chi connectivity index (χ0v) is 33.3. The van der Waals surface area contributed by atoms with E-state index in [0.717, 1.165) is 0 Å². The van der Waals surface area contributed by atoms with Gasteiger partial charge in [0.1, 0.15) is 53.5 Å². The van der Waals surface area contributed by atoms with Gasteiger partial charge < -0.3 is 39.8 Å². The minimum atomic E-state index is -0.705. The summed E-state index contributed by atoms with van der Waals surface area (Å²) in [5.41, 5.74) is 15.3. The first kappa shape index (κ1) is 39.7. The first-order valence-electron chi connectivity index (χ1n) is 19.0. The average Bonchev–Trinajstić information content (AvgIpc) is 4.01. The van der Waals surface area contributed by atoms with Crippen LogP contribution in [0.3, 0.4) is 0 Å². The van der Waals surface area contributed by atoms with E-state index in [1.165, 1.54) is 15.4 Å². The highest BCUT2D eigenvalue weighted by atomic mass is 16.6. The van der Waals surface area contributed by atoms with Crippen molar-refractivity contribution < 1.29 is 33.1 Å². The molecule has 18 nitrogen and oxygen atoms in total. The highest BCUT2D eigenvalue weighted by molar-refractivity contribution is 6.14. The van der Waals surface area contributed by atoms with Crippen molar-refractivity contribution in [2.45, 2.75) is 53.1 Å². The Bertz CT molecular complexity index is 3070. The van der Waals surface area contributed by atoms with E-state index in [1.807, 2.05) is 16.7 Å². The number of aromatic nitrogens is 7. The standard InChI is InChI=1S/C43H39N11O7/c1-6-10-53-32(14-23(3)49-53)41(57)47-35-19-26-17-27(39(44)55)18-34(61-28-21-59-22-28)36(26)51(35)12-8-9-13-52-37-29-16-25(5)60-38(29)30(40(45)56)20-31(37)46-43(52)48-42(58)33-15-24(4)50-54(33)11-7-2/h1-2,8-9,14-20,28H,10-13,21-22H2,3-5H3,(H2,44,55)(H2,45,56)(H,47,57)(H,46,48,58)/b9-8+. The first-order chi connectivity index (χ1) is 29.3. The number of anilines is 2. The molecule has 0 unspecified atom stereocenters. The zero-order chi connectivity index (χ0) is 43.1. The molecule has 5 aromatic heterocycles. The number of fused-ring (bicyclic) bond motifs is 4. The number of nitrogens with one attached hydrogen (secondary N) is 2. The molecule has 8 rings (SSSR count). The fourth-order valence-corrected chi connectivity index (χ4v) is 7.34. The van der Waals surface area contributed by atoms with Gasteiger partial charge in [0, 0.05) is 29.4 Å². The topological polar surface area (TPSA) is 234 Å². The van der Waals surface area contributed by atoms with Crippen molar-refractivity contribution in [1.29, 1.82) is 0 Å². The normalized spacial score (nSPS) is 12.8. The van der Waals surface area contributed by atoms with Crippen molar-refractivity contribution in [2.24, 2.45) is 11.5 Å². The molecular formula is C43H39N11O7. The smallest absolute Gasteiger partial charge is 0.276 e. The molecule has 0 atom stereocenters. The van der Waals surface area contributed by atoms with Crippen LogP contribution in [0.5, 0.6) is 5.75 Å². The Morgan fingerprint density at radius 1 is 0.836 bits per heavy atom. The van der Waals surface area contributed by atoms with Crippen molar-refractivity contribution in [3.05, 3.63) is 94.3 Å². The molecule has 1 aliphatic heterocycles. The van der Waals surface area contributed by atoms with Crippen LogP contribution < -0.4 is 26.8 Å². The SMILES string of the molecule is C#CCn1nc(C)cc1C(=O)Nc1cc2cc(C(N)=O)cc(OC3COC3)c2n1C/C=C/Cn1c(NC(=O)c2cc(C)nn2CC#C)nc2cc(C(N)=O)c3oc(C)cc3c21. The lowest BCUT2D eigenvalue weighted by molar-refractivity contribution is -0.0792. The molecule has 61 heavy (non-hydrogen) atoms. The van der Waals surface area contributed by atoms with Gasteiger partial charge in [-0.05, 0) is 63.2 Å². The third-order valence-electron chi connectivity index (χ3n) is 10.0. The van der Waals surface area contributed by atoms with Crippen molar-refractivity contribution in [3.8, 4) is 30.4 Å². The number of terminal acetylenes is 2. The van der Waals surface area contributed by atoms with E-state index in [0.29, 0.717) is 69.3 Å². The summed E-state index contributed by atoms with van der Waals surface area (Å²) >= 11 is 0. The number of carbonyl (C=O) groups excluding carboxylic acids is 4. The van der Waals surface area contributed by atoms with Crippen LogP contribution in [0.15, 0.2) is 59.0 Å². The Labute approximate surface area is 347 Å². The number of allylic oxidation sites excluding steroid dienone is 2. The number of primary amides is 2. The Balaban J connectivity index is 1.21. The predicted molar refractivity (Wildman–Crippen MR) is 225 cm³/mol. The summed E-state index contributed by atoms with van der Waals surface area (Å²) in [6.45, 7) is 6.47. The summed E-state index contributed by atoms with van der Waals surface area (Å²) < 4.78 is 24.1. The number of carbonyl (C=O) groups is 4. The van der Waals surface area contributed by atoms with Gasteiger partial charge in [-0.2, -0.15) is 10.2 Å². The molecule has 1 fully saturated rings. The summed E-state index contributed by atoms with van der Waals surface area (Å²) in [5.74, 6) is 4.13. The maximum atomic E-state index is 13.8. The zero-order valence-electron chi connectivity index (χ0n) is 33.3. The van der Waals surface area contributed by atoms with Gasteiger partial charge in [0.15, 0.2) is 0 Å². The van der Waals surface area contributed by atoms with Gasteiger partial charge in [-0.25, -0.2) is 14.3 Å². The second-order valence-electron chi connectivity index (χ2n) is 14.4. The van der Waals surface area contributed by atoms with Gasteiger partial charge in [-0.15, -0.1) is 12.8 Å². The molecule has 0 bridgehead atoms. The van der Waals surface area contributed by atoms with Crippen LogP contribution >= 0.6 is 0 Å². The Morgan fingerprint density at radius 3 is 2.07 bits per heavy atom. The van der Waals surface area contributed by atoms with Crippen LogP contribution in [0, 0.1) is 45.5 Å². The molecule has 6 heterocycles. The van der Waals surface area contributed by atoms with Gasteiger partial charge in [-0.3, -0.25) is 24.5 Å². The minimum Gasteiger partial charge on any atom is -0.483 e. The summed E-state index contributed by atoms with van der Waals surface area (Å²) in [4.78, 5) is 57.4. The lowest BCUT2D eigenvalue weighted by Crippen LogP contribution is -2.38. The molecule has 308 valence electrons. The second kappa shape index (κ2) is 15.9. The summed E-state index contributed by atoms with van der Waals surface area (Å²) in [6.07, 6.45) is 14.6. The fraction of sp³-hybridized carbons (Fsp3) is 0.233. The number of rotatable bonds is 14. The number of aryl methyl sites for hydroxylation is 3. The van der Waals surface area contributed by atoms with E-state index in [4.69, 9.17) is 43.2 Å². The number of benzene rings is 2. The highest BCUT2D eigenvalue weighted by Gasteiger charge is 2.26. The Hall–Kier alpha value is -8.09. The van der Waals surface area contributed by atoms with Crippen LogP contribution in [0.2, 0.25) is 0 Å². The van der Waals surface area contributed by atoms with E-state index in [-0.39, 0.29) is 66.3 Å². The summed E-state index contributed by atoms with van der Waals surface area (Å²) in [6, 6.07) is 11.5. The molecule has 0 saturated carbocycles. The van der Waals surface area contributed by atoms with E-state index in [1.54, 1.807) is 61.7 Å². The van der Waals surface area contributed by atoms with E-state index in [2.05, 4.69) is 32.7 Å². The van der Waals surface area contributed by atoms with E-state index in [9.17, 15) is 19.2 Å². The van der Waals surface area contributed by atoms with Crippen LogP contribution in [0.25, 0.3) is 32.9 Å². The molecular weight excluding hydrogens is 783 g/mol. The molecule has 2 aromatic carbocycles. The third-order valence-corrected chi connectivity index (χ3v) is 10.0. The molecule has 0 spiro atoms. The highest BCUT2D eigenvalue weighted by Crippen LogP contribution is 2.36. The molecule has 18 heteroatoms. The molecule has 0 radical (unpaired) electrons. The molecule has 0 aliphatic carbocycles. The summed E-state index contributed by atoms with van der Waals surface area (Å²) in [7, 11) is 0. The monoisotopic (exact) mass is 821 g/mol. The molecule has 4 amide bonds. The van der Waals surface area contributed by atoms with Crippen LogP contribution in [0.4, 0.5) is 11.8 Å². The van der Waals surface area contributed by atoms with Gasteiger partial charge in [0.2, 0.25) is 11.9 Å². The van der Waals surface area contributed by atoms with Gasteiger partial charge in [-0.1, -0.05) is 24.0 Å². The number of amides is 4. The number of nitrogens with two attached hydrogens (primary N) is 2. The number of furan rings is 1. The third kappa shape index (κ3) is 7.55. The number of hydrogen-bond acceptors (Lipinski definition) is 10. The van der Waals surface area contributed by atoms with Gasteiger partial charge >= 0.3 is 0 Å². The summed E-state index contributed by atoms with van der Waals surface area (Å²) in [5, 5.41) is 15.7. The van der Waals surface area contributed by atoms with Crippen molar-refractivity contribution in [2.75, 3.05) is 23.8 Å². The minimum absolute atomic E-state index is 0.0718. The van der Waals surface area contributed by atoms with Gasteiger partial charge in [0.05, 0.1) is 46.7 Å². The van der Waals surface area contributed by atoms with Crippen LogP contribution in [-0.4, -0.2) is 76.6 Å². The predicted octanol–water partition coefficient (Wildman–Crippen LogP) is 4.06. The lowest BCUT2D eigenvalue weighted by atomic mass is 10.1. The second-order valence-corrected chi connectivity index (χ2v) is 14.4. The Kier molecular flexibility index (Phi) is 10.4. The molecule has 6 N–H and O–H groups in total. The number of imidazole rings is 1. The number of ether oxygens (including phenoxy) is 2. The lowest BCUT2D eigenvalue weighted by Gasteiger charge is -2.27. The van der Waals surface area contributed by atoms with Crippen molar-refractivity contribution >= 4 is 68.3 Å². The van der Waals surface area contributed by atoms with Crippen molar-refractivity contribution in [1.82, 2.24) is 33.7 Å². The van der Waals surface area contributed by atoms with E-state index < -0.39 is 23.6 Å². The molecule has 1 saturated heterocycles. The Morgan fingerprint density at radius 2 is 1.48 bits per heavy atom. The quantitative estimate of drug-likeness (QED) is 0.0907. The average molecular weight is 822 g/mol. The molecule has 7 aromatic rings. The van der Waals surface area contributed by atoms with E-state index >= 15 is 0 Å².